The summed E-state index contributed by atoms with van der Waals surface area (Å²) in [5.41, 5.74) is 6.01. The predicted octanol–water partition coefficient (Wildman–Crippen LogP) is 2.17. The lowest BCUT2D eigenvalue weighted by Crippen LogP contribution is -2.52. The lowest BCUT2D eigenvalue weighted by Gasteiger charge is -2.42. The SMILES string of the molecule is Cc1nnc(NC2(CN)CCCCC2C)s1. The molecule has 1 aliphatic carbocycles. The highest BCUT2D eigenvalue weighted by Crippen LogP contribution is 2.36. The van der Waals surface area contributed by atoms with Gasteiger partial charge in [0.1, 0.15) is 5.01 Å². The Balaban J connectivity index is 2.14. The van der Waals surface area contributed by atoms with Crippen molar-refractivity contribution >= 4 is 16.5 Å². The van der Waals surface area contributed by atoms with Gasteiger partial charge in [-0.1, -0.05) is 31.1 Å². The maximum Gasteiger partial charge on any atom is 0.206 e. The molecule has 0 spiro atoms. The summed E-state index contributed by atoms with van der Waals surface area (Å²) in [4.78, 5) is 0. The van der Waals surface area contributed by atoms with Crippen molar-refractivity contribution in [3.8, 4) is 0 Å². The van der Waals surface area contributed by atoms with Gasteiger partial charge in [0, 0.05) is 6.54 Å². The van der Waals surface area contributed by atoms with Gasteiger partial charge in [0.25, 0.3) is 0 Å². The van der Waals surface area contributed by atoms with E-state index in [1.54, 1.807) is 11.3 Å². The summed E-state index contributed by atoms with van der Waals surface area (Å²) in [7, 11) is 0. The second-order valence-electron chi connectivity index (χ2n) is 4.76. The number of nitrogens with one attached hydrogen (secondary N) is 1. The Kier molecular flexibility index (Phi) is 3.44. The fraction of sp³-hybridized carbons (Fsp3) is 0.818. The van der Waals surface area contributed by atoms with Gasteiger partial charge in [-0.05, 0) is 25.7 Å². The molecule has 1 saturated carbocycles. The van der Waals surface area contributed by atoms with E-state index >= 15 is 0 Å². The molecule has 1 heterocycles. The van der Waals surface area contributed by atoms with Gasteiger partial charge in [-0.2, -0.15) is 0 Å². The molecular formula is C11H20N4S. The largest absolute Gasteiger partial charge is 0.353 e. The maximum absolute atomic E-state index is 5.98. The monoisotopic (exact) mass is 240 g/mol. The average Bonchev–Trinajstić information content (AvgIpc) is 2.67. The van der Waals surface area contributed by atoms with Crippen LogP contribution in [-0.4, -0.2) is 22.3 Å². The zero-order chi connectivity index (χ0) is 11.6. The highest BCUT2D eigenvalue weighted by atomic mass is 32.1. The zero-order valence-corrected chi connectivity index (χ0v) is 10.8. The summed E-state index contributed by atoms with van der Waals surface area (Å²) >= 11 is 1.61. The van der Waals surface area contributed by atoms with Crippen molar-refractivity contribution in [3.05, 3.63) is 5.01 Å². The van der Waals surface area contributed by atoms with Crippen molar-refractivity contribution < 1.29 is 0 Å². The molecule has 2 unspecified atom stereocenters. The highest BCUT2D eigenvalue weighted by molar-refractivity contribution is 7.15. The van der Waals surface area contributed by atoms with Gasteiger partial charge in [0.05, 0.1) is 5.54 Å². The van der Waals surface area contributed by atoms with Gasteiger partial charge < -0.3 is 11.1 Å². The number of aromatic nitrogens is 2. The second-order valence-corrected chi connectivity index (χ2v) is 5.94. The maximum atomic E-state index is 5.98. The van der Waals surface area contributed by atoms with Crippen molar-refractivity contribution in [2.24, 2.45) is 11.7 Å². The van der Waals surface area contributed by atoms with E-state index < -0.39 is 0 Å². The van der Waals surface area contributed by atoms with Crippen LogP contribution in [0.25, 0.3) is 0 Å². The Morgan fingerprint density at radius 1 is 1.50 bits per heavy atom. The molecular weight excluding hydrogens is 220 g/mol. The number of hydrogen-bond donors (Lipinski definition) is 2. The van der Waals surface area contributed by atoms with E-state index in [-0.39, 0.29) is 5.54 Å². The summed E-state index contributed by atoms with van der Waals surface area (Å²) < 4.78 is 0. The molecule has 1 fully saturated rings. The Bertz CT molecular complexity index is 352. The Morgan fingerprint density at radius 2 is 2.31 bits per heavy atom. The molecule has 2 atom stereocenters. The van der Waals surface area contributed by atoms with E-state index in [0.29, 0.717) is 12.5 Å². The van der Waals surface area contributed by atoms with Crippen molar-refractivity contribution in [1.82, 2.24) is 10.2 Å². The lowest BCUT2D eigenvalue weighted by molar-refractivity contribution is 0.235. The minimum absolute atomic E-state index is 0.0320. The molecule has 0 bridgehead atoms. The number of rotatable bonds is 3. The first kappa shape index (κ1) is 11.8. The van der Waals surface area contributed by atoms with E-state index in [1.807, 2.05) is 6.92 Å². The average molecular weight is 240 g/mol. The van der Waals surface area contributed by atoms with E-state index in [1.165, 1.54) is 19.3 Å². The fourth-order valence-corrected chi connectivity index (χ4v) is 3.21. The van der Waals surface area contributed by atoms with Crippen molar-refractivity contribution in [1.29, 1.82) is 0 Å². The van der Waals surface area contributed by atoms with Crippen LogP contribution in [0.5, 0.6) is 0 Å². The van der Waals surface area contributed by atoms with Gasteiger partial charge in [0.2, 0.25) is 5.13 Å². The molecule has 2 rings (SSSR count). The number of nitrogens with zero attached hydrogens (tertiary/aromatic N) is 2. The highest BCUT2D eigenvalue weighted by Gasteiger charge is 2.37. The molecule has 0 aliphatic heterocycles. The van der Waals surface area contributed by atoms with Crippen LogP contribution >= 0.6 is 11.3 Å². The minimum Gasteiger partial charge on any atom is -0.353 e. The van der Waals surface area contributed by atoms with Crippen LogP contribution in [0.1, 0.15) is 37.6 Å². The topological polar surface area (TPSA) is 63.8 Å². The third kappa shape index (κ3) is 2.20. The van der Waals surface area contributed by atoms with Gasteiger partial charge in [-0.3, -0.25) is 0 Å². The van der Waals surface area contributed by atoms with Gasteiger partial charge in [0.15, 0.2) is 0 Å². The molecule has 5 heteroatoms. The molecule has 0 radical (unpaired) electrons. The summed E-state index contributed by atoms with van der Waals surface area (Å²) in [6.07, 6.45) is 4.97. The molecule has 90 valence electrons. The Labute approximate surface area is 101 Å². The standard InChI is InChI=1S/C11H20N4S/c1-8-5-3-4-6-11(8,7-12)13-10-15-14-9(2)16-10/h8H,3-7,12H2,1-2H3,(H,13,15). The third-order valence-corrected chi connectivity index (χ3v) is 4.45. The predicted molar refractivity (Wildman–Crippen MR) is 67.7 cm³/mol. The van der Waals surface area contributed by atoms with Crippen LogP contribution in [0.2, 0.25) is 0 Å². The summed E-state index contributed by atoms with van der Waals surface area (Å²) in [6, 6.07) is 0. The Morgan fingerprint density at radius 3 is 2.88 bits per heavy atom. The number of aryl methyl sites for hydroxylation is 1. The minimum atomic E-state index is 0.0320. The van der Waals surface area contributed by atoms with Gasteiger partial charge in [-0.15, -0.1) is 10.2 Å². The number of nitrogens with two attached hydrogens (primary N) is 1. The van der Waals surface area contributed by atoms with Crippen molar-refractivity contribution in [2.45, 2.75) is 45.1 Å². The first-order valence-electron chi connectivity index (χ1n) is 5.95. The van der Waals surface area contributed by atoms with Gasteiger partial charge >= 0.3 is 0 Å². The first-order chi connectivity index (χ1) is 7.66. The molecule has 0 saturated heterocycles. The summed E-state index contributed by atoms with van der Waals surface area (Å²) in [5.74, 6) is 0.607. The fourth-order valence-electron chi connectivity index (χ4n) is 2.51. The van der Waals surface area contributed by atoms with E-state index in [2.05, 4.69) is 22.4 Å². The third-order valence-electron chi connectivity index (χ3n) is 3.70. The summed E-state index contributed by atoms with van der Waals surface area (Å²) in [6.45, 7) is 4.93. The van der Waals surface area contributed by atoms with Crippen LogP contribution in [-0.2, 0) is 0 Å². The van der Waals surface area contributed by atoms with E-state index in [4.69, 9.17) is 5.73 Å². The van der Waals surface area contributed by atoms with Crippen LogP contribution in [0.3, 0.4) is 0 Å². The number of hydrogen-bond acceptors (Lipinski definition) is 5. The van der Waals surface area contributed by atoms with Gasteiger partial charge in [-0.25, -0.2) is 0 Å². The van der Waals surface area contributed by atoms with E-state index in [9.17, 15) is 0 Å². The second kappa shape index (κ2) is 4.67. The van der Waals surface area contributed by atoms with Crippen LogP contribution in [0.4, 0.5) is 5.13 Å². The number of anilines is 1. The molecule has 3 N–H and O–H groups in total. The van der Waals surface area contributed by atoms with Crippen LogP contribution in [0, 0.1) is 12.8 Å². The molecule has 0 aromatic carbocycles. The smallest absolute Gasteiger partial charge is 0.206 e. The van der Waals surface area contributed by atoms with Crippen molar-refractivity contribution in [3.63, 3.8) is 0 Å². The van der Waals surface area contributed by atoms with E-state index in [0.717, 1.165) is 16.6 Å². The van der Waals surface area contributed by atoms with Crippen LogP contribution < -0.4 is 11.1 Å². The summed E-state index contributed by atoms with van der Waals surface area (Å²) in [5, 5.41) is 13.6. The normalized spacial score (nSPS) is 30.3. The molecule has 1 aliphatic rings. The quantitative estimate of drug-likeness (QED) is 0.850. The zero-order valence-electron chi connectivity index (χ0n) is 9.99. The first-order valence-corrected chi connectivity index (χ1v) is 6.76. The molecule has 0 amide bonds. The lowest BCUT2D eigenvalue weighted by atomic mass is 9.74. The molecule has 4 nitrogen and oxygen atoms in total. The molecule has 1 aromatic heterocycles. The van der Waals surface area contributed by atoms with Crippen molar-refractivity contribution in [2.75, 3.05) is 11.9 Å². The molecule has 16 heavy (non-hydrogen) atoms. The van der Waals surface area contributed by atoms with Crippen LogP contribution in [0.15, 0.2) is 0 Å². The molecule has 1 aromatic rings. The Hall–Kier alpha value is -0.680.